The van der Waals surface area contributed by atoms with Crippen LogP contribution in [-0.2, 0) is 16.0 Å². The van der Waals surface area contributed by atoms with Gasteiger partial charge in [-0.2, -0.15) is 0 Å². The SMILES string of the molecule is Cc1cccc(N(C)CC(=O)OCCc2ccccc2)c1. The molecule has 0 amide bonds. The van der Waals surface area contributed by atoms with Crippen LogP contribution < -0.4 is 4.90 Å². The molecule has 0 fully saturated rings. The Morgan fingerprint density at radius 3 is 2.57 bits per heavy atom. The molecule has 0 heterocycles. The topological polar surface area (TPSA) is 29.5 Å². The second-order valence-corrected chi connectivity index (χ2v) is 5.15. The fraction of sp³-hybridized carbons (Fsp3) is 0.278. The number of benzene rings is 2. The van der Waals surface area contributed by atoms with Gasteiger partial charge < -0.3 is 9.64 Å². The Bertz CT molecular complexity index is 581. The highest BCUT2D eigenvalue weighted by molar-refractivity contribution is 5.75. The van der Waals surface area contributed by atoms with Gasteiger partial charge in [0, 0.05) is 19.2 Å². The Balaban J connectivity index is 1.76. The predicted molar refractivity (Wildman–Crippen MR) is 85.6 cm³/mol. The lowest BCUT2D eigenvalue weighted by atomic mass is 10.2. The van der Waals surface area contributed by atoms with E-state index in [-0.39, 0.29) is 12.5 Å². The summed E-state index contributed by atoms with van der Waals surface area (Å²) < 4.78 is 5.29. The van der Waals surface area contributed by atoms with Crippen LogP contribution >= 0.6 is 0 Å². The van der Waals surface area contributed by atoms with E-state index in [2.05, 4.69) is 6.07 Å². The lowest BCUT2D eigenvalue weighted by Gasteiger charge is -2.18. The molecule has 2 rings (SSSR count). The molecule has 0 aliphatic heterocycles. The fourth-order valence-electron chi connectivity index (χ4n) is 2.12. The number of carbonyl (C=O) groups is 1. The Hall–Kier alpha value is -2.29. The van der Waals surface area contributed by atoms with E-state index in [1.165, 1.54) is 11.1 Å². The summed E-state index contributed by atoms with van der Waals surface area (Å²) in [6.45, 7) is 2.72. The van der Waals surface area contributed by atoms with Crippen LogP contribution in [-0.4, -0.2) is 26.2 Å². The molecule has 0 aliphatic rings. The number of hydrogen-bond donors (Lipinski definition) is 0. The maximum atomic E-state index is 11.8. The molecule has 0 aromatic heterocycles. The van der Waals surface area contributed by atoms with Gasteiger partial charge in [0.15, 0.2) is 0 Å². The maximum Gasteiger partial charge on any atom is 0.325 e. The number of rotatable bonds is 6. The molecule has 0 aliphatic carbocycles. The number of ether oxygens (including phenoxy) is 1. The standard InChI is InChI=1S/C18H21NO2/c1-15-7-6-10-17(13-15)19(2)14-18(20)21-12-11-16-8-4-3-5-9-16/h3-10,13H,11-12,14H2,1-2H3. The zero-order chi connectivity index (χ0) is 15.1. The first kappa shape index (κ1) is 15.1. The van der Waals surface area contributed by atoms with Crippen LogP contribution in [0.15, 0.2) is 54.6 Å². The van der Waals surface area contributed by atoms with Crippen molar-refractivity contribution in [3.8, 4) is 0 Å². The fourth-order valence-corrected chi connectivity index (χ4v) is 2.12. The molecular weight excluding hydrogens is 262 g/mol. The third kappa shape index (κ3) is 4.95. The first-order valence-corrected chi connectivity index (χ1v) is 7.12. The van der Waals surface area contributed by atoms with E-state index in [0.717, 1.165) is 12.1 Å². The summed E-state index contributed by atoms with van der Waals surface area (Å²) in [6, 6.07) is 18.1. The third-order valence-corrected chi connectivity index (χ3v) is 3.31. The van der Waals surface area contributed by atoms with E-state index >= 15 is 0 Å². The summed E-state index contributed by atoms with van der Waals surface area (Å²) in [5, 5.41) is 0. The molecule has 3 heteroatoms. The minimum absolute atomic E-state index is 0.199. The monoisotopic (exact) mass is 283 g/mol. The summed E-state index contributed by atoms with van der Waals surface area (Å²) in [5.74, 6) is -0.199. The van der Waals surface area contributed by atoms with Crippen LogP contribution in [0.3, 0.4) is 0 Å². The van der Waals surface area contributed by atoms with Crippen molar-refractivity contribution < 1.29 is 9.53 Å². The van der Waals surface area contributed by atoms with Crippen molar-refractivity contribution in [2.75, 3.05) is 25.1 Å². The molecule has 0 saturated heterocycles. The van der Waals surface area contributed by atoms with Crippen molar-refractivity contribution in [1.29, 1.82) is 0 Å². The predicted octanol–water partition coefficient (Wildman–Crippen LogP) is 3.22. The summed E-state index contributed by atoms with van der Waals surface area (Å²) in [7, 11) is 1.90. The molecule has 21 heavy (non-hydrogen) atoms. The molecule has 0 bridgehead atoms. The molecule has 0 saturated carbocycles. The average Bonchev–Trinajstić information content (AvgIpc) is 2.48. The molecule has 2 aromatic rings. The van der Waals surface area contributed by atoms with Crippen LogP contribution in [0, 0.1) is 6.92 Å². The quantitative estimate of drug-likeness (QED) is 0.762. The van der Waals surface area contributed by atoms with E-state index in [1.54, 1.807) is 0 Å². The van der Waals surface area contributed by atoms with Gasteiger partial charge in [0.25, 0.3) is 0 Å². The number of carbonyl (C=O) groups excluding carboxylic acids is 1. The smallest absolute Gasteiger partial charge is 0.325 e. The zero-order valence-electron chi connectivity index (χ0n) is 12.6. The highest BCUT2D eigenvalue weighted by atomic mass is 16.5. The molecule has 3 nitrogen and oxygen atoms in total. The Labute approximate surface area is 126 Å². The summed E-state index contributed by atoms with van der Waals surface area (Å²) in [5.41, 5.74) is 3.38. The highest BCUT2D eigenvalue weighted by Crippen LogP contribution is 2.13. The van der Waals surface area contributed by atoms with Gasteiger partial charge in [-0.1, -0.05) is 42.5 Å². The van der Waals surface area contributed by atoms with Crippen LogP contribution in [0.4, 0.5) is 5.69 Å². The van der Waals surface area contributed by atoms with Crippen LogP contribution in [0.5, 0.6) is 0 Å². The molecule has 110 valence electrons. The van der Waals surface area contributed by atoms with Crippen molar-refractivity contribution in [3.63, 3.8) is 0 Å². The van der Waals surface area contributed by atoms with Gasteiger partial charge in [-0.05, 0) is 30.2 Å². The van der Waals surface area contributed by atoms with Crippen molar-refractivity contribution in [3.05, 3.63) is 65.7 Å². The summed E-state index contributed by atoms with van der Waals surface area (Å²) >= 11 is 0. The largest absolute Gasteiger partial charge is 0.464 e. The summed E-state index contributed by atoms with van der Waals surface area (Å²) in [4.78, 5) is 13.7. The summed E-state index contributed by atoms with van der Waals surface area (Å²) in [6.07, 6.45) is 0.751. The Morgan fingerprint density at radius 2 is 1.86 bits per heavy atom. The molecule has 0 unspecified atom stereocenters. The van der Waals surface area contributed by atoms with Crippen LogP contribution in [0.25, 0.3) is 0 Å². The Morgan fingerprint density at radius 1 is 1.10 bits per heavy atom. The Kier molecular flexibility index (Phi) is 5.38. The van der Waals surface area contributed by atoms with E-state index in [9.17, 15) is 4.79 Å². The van der Waals surface area contributed by atoms with E-state index in [4.69, 9.17) is 4.74 Å². The zero-order valence-corrected chi connectivity index (χ0v) is 12.6. The second-order valence-electron chi connectivity index (χ2n) is 5.15. The van der Waals surface area contributed by atoms with Gasteiger partial charge in [0.1, 0.15) is 6.54 Å². The second kappa shape index (κ2) is 7.48. The molecule has 2 aromatic carbocycles. The normalized spacial score (nSPS) is 10.2. The van der Waals surface area contributed by atoms with Crippen LogP contribution in [0.2, 0.25) is 0 Å². The lowest BCUT2D eigenvalue weighted by molar-refractivity contribution is -0.141. The van der Waals surface area contributed by atoms with Crippen LogP contribution in [0.1, 0.15) is 11.1 Å². The molecule has 0 spiro atoms. The lowest BCUT2D eigenvalue weighted by Crippen LogP contribution is -2.27. The van der Waals surface area contributed by atoms with E-state index in [0.29, 0.717) is 6.61 Å². The van der Waals surface area contributed by atoms with Gasteiger partial charge in [-0.25, -0.2) is 0 Å². The minimum Gasteiger partial charge on any atom is -0.464 e. The third-order valence-electron chi connectivity index (χ3n) is 3.31. The highest BCUT2D eigenvalue weighted by Gasteiger charge is 2.08. The number of likely N-dealkylation sites (N-methyl/N-ethyl adjacent to an activating group) is 1. The first-order chi connectivity index (χ1) is 10.1. The minimum atomic E-state index is -0.199. The number of anilines is 1. The number of hydrogen-bond acceptors (Lipinski definition) is 3. The van der Waals surface area contributed by atoms with E-state index < -0.39 is 0 Å². The molecule has 0 atom stereocenters. The number of esters is 1. The van der Waals surface area contributed by atoms with Gasteiger partial charge in [0.05, 0.1) is 6.61 Å². The number of nitrogens with zero attached hydrogens (tertiary/aromatic N) is 1. The molecular formula is C18H21NO2. The van der Waals surface area contributed by atoms with Crippen molar-refractivity contribution in [2.45, 2.75) is 13.3 Å². The maximum absolute atomic E-state index is 11.8. The molecule has 0 N–H and O–H groups in total. The van der Waals surface area contributed by atoms with Gasteiger partial charge in [0.2, 0.25) is 0 Å². The van der Waals surface area contributed by atoms with E-state index in [1.807, 2.05) is 67.4 Å². The van der Waals surface area contributed by atoms with Crippen molar-refractivity contribution in [2.24, 2.45) is 0 Å². The molecule has 0 radical (unpaired) electrons. The van der Waals surface area contributed by atoms with Crippen molar-refractivity contribution >= 4 is 11.7 Å². The first-order valence-electron chi connectivity index (χ1n) is 7.12. The number of aryl methyl sites for hydroxylation is 1. The van der Waals surface area contributed by atoms with Gasteiger partial charge in [-0.3, -0.25) is 4.79 Å². The van der Waals surface area contributed by atoms with Crippen molar-refractivity contribution in [1.82, 2.24) is 0 Å². The van der Waals surface area contributed by atoms with Gasteiger partial charge >= 0.3 is 5.97 Å². The average molecular weight is 283 g/mol. The van der Waals surface area contributed by atoms with Gasteiger partial charge in [-0.15, -0.1) is 0 Å².